The molecule has 1 aliphatic heterocycles. The number of benzene rings is 1. The van der Waals surface area contributed by atoms with E-state index in [4.69, 9.17) is 9.47 Å². The molecule has 0 radical (unpaired) electrons. The molecule has 6 heteroatoms. The predicted molar refractivity (Wildman–Crippen MR) is 116 cm³/mol. The van der Waals surface area contributed by atoms with Gasteiger partial charge in [0.1, 0.15) is 0 Å². The van der Waals surface area contributed by atoms with Crippen LogP contribution in [0.4, 0.5) is 0 Å². The van der Waals surface area contributed by atoms with Crippen LogP contribution in [0.2, 0.25) is 0 Å². The maximum Gasteiger partial charge on any atom is 0.234 e. The molecule has 29 heavy (non-hydrogen) atoms. The van der Waals surface area contributed by atoms with Crippen LogP contribution in [-0.4, -0.2) is 44.2 Å². The first-order valence-electron chi connectivity index (χ1n) is 10.5. The SMILES string of the molecule is COc1cc2c(cc1OC)[C@@H](c1cccs1)N(CC(=O)NC1CCCCC1)CC2. The van der Waals surface area contributed by atoms with Crippen molar-refractivity contribution >= 4 is 17.2 Å². The van der Waals surface area contributed by atoms with Crippen molar-refractivity contribution in [3.8, 4) is 11.5 Å². The van der Waals surface area contributed by atoms with Crippen molar-refractivity contribution in [3.05, 3.63) is 45.6 Å². The molecule has 5 nitrogen and oxygen atoms in total. The molecule has 1 aromatic carbocycles. The first-order chi connectivity index (χ1) is 14.2. The summed E-state index contributed by atoms with van der Waals surface area (Å²) in [6.45, 7) is 1.27. The van der Waals surface area contributed by atoms with Gasteiger partial charge in [-0.3, -0.25) is 9.69 Å². The van der Waals surface area contributed by atoms with Crippen molar-refractivity contribution in [2.75, 3.05) is 27.3 Å². The largest absolute Gasteiger partial charge is 0.493 e. The molecule has 1 N–H and O–H groups in total. The highest BCUT2D eigenvalue weighted by atomic mass is 32.1. The fourth-order valence-electron chi connectivity index (χ4n) is 4.65. The quantitative estimate of drug-likeness (QED) is 0.771. The van der Waals surface area contributed by atoms with Gasteiger partial charge in [0, 0.05) is 17.5 Å². The van der Waals surface area contributed by atoms with Crippen LogP contribution in [0.1, 0.15) is 54.1 Å². The van der Waals surface area contributed by atoms with E-state index in [2.05, 4.69) is 39.9 Å². The van der Waals surface area contributed by atoms with E-state index in [-0.39, 0.29) is 11.9 Å². The molecule has 2 aliphatic rings. The van der Waals surface area contributed by atoms with E-state index in [1.54, 1.807) is 25.6 Å². The third kappa shape index (κ3) is 4.43. The number of thiophene rings is 1. The molecule has 2 aromatic rings. The maximum absolute atomic E-state index is 12.8. The number of ether oxygens (including phenoxy) is 2. The Morgan fingerprint density at radius 3 is 2.62 bits per heavy atom. The standard InChI is InChI=1S/C23H30N2O3S/c1-27-19-13-16-10-11-25(15-22(26)24-17-7-4-3-5-8-17)23(21-9-6-12-29-21)18(16)14-20(19)28-2/h6,9,12-14,17,23H,3-5,7-8,10-11,15H2,1-2H3,(H,24,26)/t23-/m0/s1. The molecule has 0 spiro atoms. The van der Waals surface area contributed by atoms with E-state index in [9.17, 15) is 4.79 Å². The number of nitrogens with zero attached hydrogens (tertiary/aromatic N) is 1. The normalized spacial score (nSPS) is 20.1. The van der Waals surface area contributed by atoms with Crippen molar-refractivity contribution < 1.29 is 14.3 Å². The molecule has 1 saturated carbocycles. The predicted octanol–water partition coefficient (Wildman–Crippen LogP) is 4.16. The molecule has 1 amide bonds. The van der Waals surface area contributed by atoms with E-state index < -0.39 is 0 Å². The van der Waals surface area contributed by atoms with Gasteiger partial charge in [-0.25, -0.2) is 0 Å². The number of fused-ring (bicyclic) bond motifs is 1. The highest BCUT2D eigenvalue weighted by molar-refractivity contribution is 7.10. The first kappa shape index (κ1) is 20.2. The van der Waals surface area contributed by atoms with E-state index in [0.29, 0.717) is 12.6 Å². The Labute approximate surface area is 177 Å². The summed E-state index contributed by atoms with van der Waals surface area (Å²) in [6.07, 6.45) is 6.86. The zero-order valence-corrected chi connectivity index (χ0v) is 18.1. The lowest BCUT2D eigenvalue weighted by Crippen LogP contribution is -2.46. The minimum Gasteiger partial charge on any atom is -0.493 e. The van der Waals surface area contributed by atoms with Crippen LogP contribution >= 0.6 is 11.3 Å². The average Bonchev–Trinajstić information content (AvgIpc) is 3.27. The molecule has 156 valence electrons. The smallest absolute Gasteiger partial charge is 0.234 e. The number of hydrogen-bond acceptors (Lipinski definition) is 5. The summed E-state index contributed by atoms with van der Waals surface area (Å²) in [6, 6.07) is 8.83. The number of nitrogens with one attached hydrogen (secondary N) is 1. The second-order valence-corrected chi connectivity index (χ2v) is 8.93. The summed E-state index contributed by atoms with van der Waals surface area (Å²) in [5, 5.41) is 5.38. The number of carbonyl (C=O) groups is 1. The van der Waals surface area contributed by atoms with Crippen molar-refractivity contribution in [3.63, 3.8) is 0 Å². The Kier molecular flexibility index (Phi) is 6.40. The van der Waals surface area contributed by atoms with Crippen molar-refractivity contribution in [1.82, 2.24) is 10.2 Å². The highest BCUT2D eigenvalue weighted by Crippen LogP contribution is 2.42. The van der Waals surface area contributed by atoms with E-state index in [0.717, 1.165) is 37.3 Å². The van der Waals surface area contributed by atoms with Crippen molar-refractivity contribution in [2.45, 2.75) is 50.6 Å². The molecule has 0 bridgehead atoms. The second kappa shape index (κ2) is 9.18. The summed E-state index contributed by atoms with van der Waals surface area (Å²) in [4.78, 5) is 16.4. The molecular formula is C23H30N2O3S. The summed E-state index contributed by atoms with van der Waals surface area (Å²) < 4.78 is 11.1. The zero-order valence-electron chi connectivity index (χ0n) is 17.3. The zero-order chi connectivity index (χ0) is 20.2. The van der Waals surface area contributed by atoms with Gasteiger partial charge in [-0.1, -0.05) is 25.3 Å². The summed E-state index contributed by atoms with van der Waals surface area (Å²) in [7, 11) is 3.34. The van der Waals surface area contributed by atoms with Gasteiger partial charge in [0.2, 0.25) is 5.91 Å². The van der Waals surface area contributed by atoms with Gasteiger partial charge < -0.3 is 14.8 Å². The topological polar surface area (TPSA) is 50.8 Å². The molecule has 0 saturated heterocycles. The Bertz CT molecular complexity index is 831. The van der Waals surface area contributed by atoms with Gasteiger partial charge in [0.05, 0.1) is 26.8 Å². The maximum atomic E-state index is 12.8. The number of rotatable bonds is 6. The summed E-state index contributed by atoms with van der Waals surface area (Å²) >= 11 is 1.74. The fraction of sp³-hybridized carbons (Fsp3) is 0.522. The molecule has 1 atom stereocenters. The van der Waals surface area contributed by atoms with Crippen molar-refractivity contribution in [2.24, 2.45) is 0 Å². The van der Waals surface area contributed by atoms with Crippen LogP contribution in [0.25, 0.3) is 0 Å². The highest BCUT2D eigenvalue weighted by Gasteiger charge is 2.32. The molecule has 1 aliphatic carbocycles. The lowest BCUT2D eigenvalue weighted by molar-refractivity contribution is -0.123. The third-order valence-electron chi connectivity index (χ3n) is 6.10. The fourth-order valence-corrected chi connectivity index (χ4v) is 5.53. The number of carbonyl (C=O) groups excluding carboxylic acids is 1. The average molecular weight is 415 g/mol. The molecule has 1 fully saturated rings. The lowest BCUT2D eigenvalue weighted by Gasteiger charge is -2.37. The van der Waals surface area contributed by atoms with Crippen LogP contribution in [-0.2, 0) is 11.2 Å². The van der Waals surface area contributed by atoms with Gasteiger partial charge >= 0.3 is 0 Å². The number of methoxy groups -OCH3 is 2. The molecular weight excluding hydrogens is 384 g/mol. The Morgan fingerprint density at radius 2 is 1.93 bits per heavy atom. The van der Waals surface area contributed by atoms with Crippen molar-refractivity contribution in [1.29, 1.82) is 0 Å². The monoisotopic (exact) mass is 414 g/mol. The first-order valence-corrected chi connectivity index (χ1v) is 11.4. The van der Waals surface area contributed by atoms with Gasteiger partial charge in [0.15, 0.2) is 11.5 Å². The third-order valence-corrected chi connectivity index (χ3v) is 7.03. The van der Waals surface area contributed by atoms with Crippen LogP contribution < -0.4 is 14.8 Å². The van der Waals surface area contributed by atoms with Gasteiger partial charge in [-0.15, -0.1) is 11.3 Å². The van der Waals surface area contributed by atoms with E-state index >= 15 is 0 Å². The van der Waals surface area contributed by atoms with E-state index in [1.165, 1.54) is 35.3 Å². The van der Waals surface area contributed by atoms with Gasteiger partial charge in [0.25, 0.3) is 0 Å². The minimum atomic E-state index is 0.0654. The lowest BCUT2D eigenvalue weighted by atomic mass is 9.90. The minimum absolute atomic E-state index is 0.0654. The molecule has 1 aromatic heterocycles. The molecule has 2 heterocycles. The van der Waals surface area contributed by atoms with Crippen LogP contribution in [0.3, 0.4) is 0 Å². The van der Waals surface area contributed by atoms with Crippen LogP contribution in [0.15, 0.2) is 29.6 Å². The summed E-state index contributed by atoms with van der Waals surface area (Å²) in [5.74, 6) is 1.64. The number of hydrogen-bond donors (Lipinski definition) is 1. The Balaban J connectivity index is 1.59. The Hall–Kier alpha value is -2.05. The number of amides is 1. The molecule has 4 rings (SSSR count). The van der Waals surface area contributed by atoms with Crippen LogP contribution in [0, 0.1) is 0 Å². The second-order valence-electron chi connectivity index (χ2n) is 7.95. The van der Waals surface area contributed by atoms with Crippen LogP contribution in [0.5, 0.6) is 11.5 Å². The van der Waals surface area contributed by atoms with Gasteiger partial charge in [-0.2, -0.15) is 0 Å². The Morgan fingerprint density at radius 1 is 1.17 bits per heavy atom. The molecule has 0 unspecified atom stereocenters. The van der Waals surface area contributed by atoms with E-state index in [1.807, 2.05) is 0 Å². The van der Waals surface area contributed by atoms with Gasteiger partial charge in [-0.05, 0) is 54.0 Å². The summed E-state index contributed by atoms with van der Waals surface area (Å²) in [5.41, 5.74) is 2.48.